The van der Waals surface area contributed by atoms with Crippen molar-refractivity contribution in [2.75, 3.05) is 19.6 Å². The maximum absolute atomic E-state index is 12.5. The molecule has 6 nitrogen and oxygen atoms in total. The first-order valence-corrected chi connectivity index (χ1v) is 8.86. The highest BCUT2D eigenvalue weighted by molar-refractivity contribution is 6.30. The monoisotopic (exact) mass is 375 g/mol. The van der Waals surface area contributed by atoms with E-state index in [9.17, 15) is 15.0 Å². The van der Waals surface area contributed by atoms with Crippen molar-refractivity contribution in [3.63, 3.8) is 0 Å². The van der Waals surface area contributed by atoms with Crippen molar-refractivity contribution in [3.8, 4) is 0 Å². The van der Waals surface area contributed by atoms with E-state index >= 15 is 0 Å². The molecule has 1 aliphatic rings. The van der Waals surface area contributed by atoms with Crippen LogP contribution >= 0.6 is 11.6 Å². The molecule has 1 fully saturated rings. The van der Waals surface area contributed by atoms with E-state index < -0.39 is 11.7 Å². The van der Waals surface area contributed by atoms with E-state index in [-0.39, 0.29) is 32.0 Å². The number of β-amino-alcohol motifs (C(OH)–C–C–N with tert-alkyl or cyclic N) is 2. The normalized spacial score (nSPS) is 22.6. The molecule has 0 unspecified atom stereocenters. The predicted octanol–water partition coefficient (Wildman–Crippen LogP) is 1.00. The molecule has 138 valence electrons. The molecule has 1 amide bonds. The van der Waals surface area contributed by atoms with E-state index in [2.05, 4.69) is 10.3 Å². The van der Waals surface area contributed by atoms with Crippen LogP contribution < -0.4 is 5.32 Å². The molecule has 26 heavy (non-hydrogen) atoms. The summed E-state index contributed by atoms with van der Waals surface area (Å²) in [5, 5.41) is 24.7. The summed E-state index contributed by atoms with van der Waals surface area (Å²) >= 11 is 5.85. The summed E-state index contributed by atoms with van der Waals surface area (Å²) in [6.45, 7) is 0.938. The number of hydrogen-bond acceptors (Lipinski definition) is 5. The topological polar surface area (TPSA) is 85.7 Å². The van der Waals surface area contributed by atoms with Crippen molar-refractivity contribution in [2.24, 2.45) is 0 Å². The van der Waals surface area contributed by atoms with Crippen molar-refractivity contribution in [3.05, 3.63) is 64.9 Å². The van der Waals surface area contributed by atoms with Gasteiger partial charge in [-0.05, 0) is 29.3 Å². The van der Waals surface area contributed by atoms with Crippen molar-refractivity contribution in [1.29, 1.82) is 0 Å². The van der Waals surface area contributed by atoms with Crippen molar-refractivity contribution < 1.29 is 15.0 Å². The SMILES string of the molecule is O=C(Cc1ccc(Cl)cc1)N1C[C@@H](O)[C@](O)(CNCc2cccnc2)C1. The molecule has 1 aromatic carbocycles. The highest BCUT2D eigenvalue weighted by atomic mass is 35.5. The Morgan fingerprint density at radius 3 is 2.77 bits per heavy atom. The second kappa shape index (κ2) is 8.14. The van der Waals surface area contributed by atoms with Gasteiger partial charge in [0.1, 0.15) is 11.7 Å². The summed E-state index contributed by atoms with van der Waals surface area (Å²) in [6.07, 6.45) is 2.66. The van der Waals surface area contributed by atoms with Gasteiger partial charge in [-0.1, -0.05) is 29.8 Å². The first-order valence-electron chi connectivity index (χ1n) is 8.48. The molecule has 0 aliphatic carbocycles. The average molecular weight is 376 g/mol. The minimum absolute atomic E-state index is 0.0978. The van der Waals surface area contributed by atoms with Crippen LogP contribution in [0.1, 0.15) is 11.1 Å². The number of aliphatic hydroxyl groups is 2. The summed E-state index contributed by atoms with van der Waals surface area (Å²) in [5.74, 6) is -0.130. The molecule has 3 rings (SSSR count). The van der Waals surface area contributed by atoms with Crippen molar-refractivity contribution in [1.82, 2.24) is 15.2 Å². The zero-order chi connectivity index (χ0) is 18.6. The molecule has 0 radical (unpaired) electrons. The van der Waals surface area contributed by atoms with Gasteiger partial charge in [0.05, 0.1) is 13.0 Å². The van der Waals surface area contributed by atoms with Gasteiger partial charge in [-0.15, -0.1) is 0 Å². The second-order valence-corrected chi connectivity index (χ2v) is 7.10. The van der Waals surface area contributed by atoms with Gasteiger partial charge in [-0.3, -0.25) is 9.78 Å². The number of pyridine rings is 1. The fraction of sp³-hybridized carbons (Fsp3) is 0.368. The van der Waals surface area contributed by atoms with Gasteiger partial charge in [-0.25, -0.2) is 0 Å². The third-order valence-electron chi connectivity index (χ3n) is 4.58. The summed E-state index contributed by atoms with van der Waals surface area (Å²) < 4.78 is 0. The van der Waals surface area contributed by atoms with Crippen LogP contribution in [-0.4, -0.2) is 57.3 Å². The Morgan fingerprint density at radius 1 is 1.31 bits per heavy atom. The first-order chi connectivity index (χ1) is 12.5. The van der Waals surface area contributed by atoms with Crippen LogP contribution in [0, 0.1) is 0 Å². The van der Waals surface area contributed by atoms with Crippen LogP contribution in [0.15, 0.2) is 48.8 Å². The Labute approximate surface area is 157 Å². The number of halogens is 1. The smallest absolute Gasteiger partial charge is 0.227 e. The Balaban J connectivity index is 1.53. The Morgan fingerprint density at radius 2 is 2.08 bits per heavy atom. The summed E-state index contributed by atoms with van der Waals surface area (Å²) in [7, 11) is 0. The minimum Gasteiger partial charge on any atom is -0.388 e. The largest absolute Gasteiger partial charge is 0.388 e. The van der Waals surface area contributed by atoms with E-state index in [0.29, 0.717) is 11.6 Å². The lowest BCUT2D eigenvalue weighted by Crippen LogP contribution is -2.50. The maximum atomic E-state index is 12.5. The van der Waals surface area contributed by atoms with Gasteiger partial charge in [-0.2, -0.15) is 0 Å². The number of benzene rings is 1. The summed E-state index contributed by atoms with van der Waals surface area (Å²) in [6, 6.07) is 10.8. The standard InChI is InChI=1S/C19H22ClN3O3/c20-16-5-3-14(4-6-16)8-18(25)23-11-17(24)19(26,13-23)12-22-10-15-2-1-7-21-9-15/h1-7,9,17,22,24,26H,8,10-13H2/t17-,19+/m1/s1. The Bertz CT molecular complexity index is 741. The van der Waals surface area contributed by atoms with Crippen LogP contribution in [0.5, 0.6) is 0 Å². The number of aromatic nitrogens is 1. The number of aliphatic hydroxyl groups excluding tert-OH is 1. The molecule has 0 saturated carbocycles. The van der Waals surface area contributed by atoms with Crippen LogP contribution in [0.25, 0.3) is 0 Å². The molecular weight excluding hydrogens is 354 g/mol. The van der Waals surface area contributed by atoms with Crippen molar-refractivity contribution >= 4 is 17.5 Å². The molecule has 2 aromatic rings. The van der Waals surface area contributed by atoms with Gasteiger partial charge < -0.3 is 20.4 Å². The predicted molar refractivity (Wildman–Crippen MR) is 98.6 cm³/mol. The fourth-order valence-electron chi connectivity index (χ4n) is 3.06. The van der Waals surface area contributed by atoms with E-state index in [1.807, 2.05) is 12.1 Å². The molecule has 1 aliphatic heterocycles. The highest BCUT2D eigenvalue weighted by Gasteiger charge is 2.45. The molecule has 0 bridgehead atoms. The number of likely N-dealkylation sites (tertiary alicyclic amines) is 1. The van der Waals surface area contributed by atoms with Crippen LogP contribution in [-0.2, 0) is 17.8 Å². The molecule has 7 heteroatoms. The van der Waals surface area contributed by atoms with E-state index in [0.717, 1.165) is 11.1 Å². The molecule has 0 spiro atoms. The number of amides is 1. The molecule has 3 N–H and O–H groups in total. The maximum Gasteiger partial charge on any atom is 0.227 e. The lowest BCUT2D eigenvalue weighted by atomic mass is 10.0. The van der Waals surface area contributed by atoms with Gasteiger partial charge in [0.2, 0.25) is 5.91 Å². The van der Waals surface area contributed by atoms with E-state index in [1.165, 1.54) is 4.90 Å². The second-order valence-electron chi connectivity index (χ2n) is 6.66. The summed E-state index contributed by atoms with van der Waals surface area (Å²) in [5.41, 5.74) is 0.469. The van der Waals surface area contributed by atoms with Gasteiger partial charge in [0, 0.05) is 37.1 Å². The lowest BCUT2D eigenvalue weighted by Gasteiger charge is -2.26. The third kappa shape index (κ3) is 4.59. The zero-order valence-electron chi connectivity index (χ0n) is 14.3. The summed E-state index contributed by atoms with van der Waals surface area (Å²) in [4.78, 5) is 18.0. The number of nitrogens with zero attached hydrogens (tertiary/aromatic N) is 2. The van der Waals surface area contributed by atoms with Gasteiger partial charge in [0.25, 0.3) is 0 Å². The highest BCUT2D eigenvalue weighted by Crippen LogP contribution is 2.22. The molecule has 2 heterocycles. The number of hydrogen-bond donors (Lipinski definition) is 3. The number of nitrogens with one attached hydrogen (secondary N) is 1. The van der Waals surface area contributed by atoms with Crippen LogP contribution in [0.3, 0.4) is 0 Å². The van der Waals surface area contributed by atoms with Crippen molar-refractivity contribution in [2.45, 2.75) is 24.7 Å². The first kappa shape index (κ1) is 18.8. The third-order valence-corrected chi connectivity index (χ3v) is 4.83. The molecule has 1 saturated heterocycles. The Kier molecular flexibility index (Phi) is 5.88. The average Bonchev–Trinajstić information content (AvgIpc) is 2.93. The van der Waals surface area contributed by atoms with E-state index in [4.69, 9.17) is 11.6 Å². The minimum atomic E-state index is -1.36. The molecule has 2 atom stereocenters. The number of carbonyl (C=O) groups is 1. The van der Waals surface area contributed by atoms with E-state index in [1.54, 1.807) is 36.7 Å². The van der Waals surface area contributed by atoms with Gasteiger partial charge in [0.15, 0.2) is 0 Å². The zero-order valence-corrected chi connectivity index (χ0v) is 15.1. The van der Waals surface area contributed by atoms with Gasteiger partial charge >= 0.3 is 0 Å². The molecule has 1 aromatic heterocycles. The van der Waals surface area contributed by atoms with Crippen LogP contribution in [0.2, 0.25) is 5.02 Å². The quantitative estimate of drug-likeness (QED) is 0.701. The fourth-order valence-corrected chi connectivity index (χ4v) is 3.18. The Hall–Kier alpha value is -1.99. The number of carbonyl (C=O) groups excluding carboxylic acids is 1. The number of rotatable bonds is 6. The van der Waals surface area contributed by atoms with Crippen LogP contribution in [0.4, 0.5) is 0 Å². The molecular formula is C19H22ClN3O3. The lowest BCUT2D eigenvalue weighted by molar-refractivity contribution is -0.130.